The van der Waals surface area contributed by atoms with Gasteiger partial charge in [0.25, 0.3) is 0 Å². The third-order valence-corrected chi connectivity index (χ3v) is 7.41. The highest BCUT2D eigenvalue weighted by Crippen LogP contribution is 2.47. The van der Waals surface area contributed by atoms with Gasteiger partial charge in [0.1, 0.15) is 17.0 Å². The summed E-state index contributed by atoms with van der Waals surface area (Å²) in [7, 11) is 1.49. The first-order chi connectivity index (χ1) is 21.7. The van der Waals surface area contributed by atoms with E-state index in [2.05, 4.69) is 15.6 Å². The number of unbranched alkanes of at least 4 members (excludes halogenated alkanes) is 2. The first kappa shape index (κ1) is 34.4. The minimum absolute atomic E-state index is 0. The lowest BCUT2D eigenvalue weighted by atomic mass is 10.0. The maximum Gasteiger partial charge on any atom is 0.316 e. The van der Waals surface area contributed by atoms with Crippen LogP contribution < -0.4 is 24.8 Å². The highest BCUT2D eigenvalue weighted by atomic mass is 24.3. The number of carbonyl (C=O) groups excluding carboxylic acids is 2. The van der Waals surface area contributed by atoms with Gasteiger partial charge in [-0.15, -0.1) is 0 Å². The van der Waals surface area contributed by atoms with Crippen LogP contribution in [0, 0.1) is 17.0 Å². The van der Waals surface area contributed by atoms with Crippen LogP contribution in [0.4, 0.5) is 20.2 Å². The number of carboxylic acids is 1. The smallest absolute Gasteiger partial charge is 0.316 e. The Balaban J connectivity index is 0.00000480. The second-order valence-electron chi connectivity index (χ2n) is 10.6. The van der Waals surface area contributed by atoms with Crippen LogP contribution >= 0.6 is 0 Å². The summed E-state index contributed by atoms with van der Waals surface area (Å²) < 4.78 is 45.6. The van der Waals surface area contributed by atoms with E-state index in [0.29, 0.717) is 72.5 Å². The van der Waals surface area contributed by atoms with E-state index in [9.17, 15) is 18.8 Å². The lowest BCUT2D eigenvalue weighted by molar-refractivity contribution is -0.137. The predicted molar refractivity (Wildman–Crippen MR) is 170 cm³/mol. The summed E-state index contributed by atoms with van der Waals surface area (Å²) in [4.78, 5) is 40.9. The van der Waals surface area contributed by atoms with Gasteiger partial charge in [-0.3, -0.25) is 19.4 Å². The van der Waals surface area contributed by atoms with Gasteiger partial charge in [-0.05, 0) is 80.6 Å². The highest BCUT2D eigenvalue weighted by Gasteiger charge is 2.56. The fraction of sp³-hybridized carbons (Fsp3) is 0.273. The van der Waals surface area contributed by atoms with Crippen LogP contribution in [0.3, 0.4) is 0 Å². The summed E-state index contributed by atoms with van der Waals surface area (Å²) in [5.41, 5.74) is -0.260. The molecule has 0 spiro atoms. The molecule has 0 radical (unpaired) electrons. The number of hydrogen-bond donors (Lipinski definition) is 3. The Morgan fingerprint density at radius 2 is 1.54 bits per heavy atom. The van der Waals surface area contributed by atoms with Crippen LogP contribution in [0.15, 0.2) is 66.9 Å². The Morgan fingerprint density at radius 3 is 2.20 bits per heavy atom. The van der Waals surface area contributed by atoms with E-state index in [1.54, 1.807) is 18.2 Å². The quantitative estimate of drug-likeness (QED) is 0.0892. The number of pyridine rings is 1. The number of aliphatic carboxylic acids is 1. The molecule has 1 fully saturated rings. The second-order valence-corrected chi connectivity index (χ2v) is 10.6. The largest absolute Gasteiger partial charge is 0.493 e. The van der Waals surface area contributed by atoms with Gasteiger partial charge >= 0.3 is 29.0 Å². The van der Waals surface area contributed by atoms with E-state index in [1.807, 2.05) is 0 Å². The molecule has 1 heterocycles. The van der Waals surface area contributed by atoms with E-state index < -0.39 is 34.8 Å². The van der Waals surface area contributed by atoms with Crippen molar-refractivity contribution >= 4 is 63.1 Å². The molecule has 10 nitrogen and oxygen atoms in total. The molecule has 0 bridgehead atoms. The average molecular weight is 646 g/mol. The normalized spacial score (nSPS) is 12.8. The average Bonchev–Trinajstić information content (AvgIpc) is 3.83. The molecule has 5 rings (SSSR count). The number of rotatable bonds is 14. The molecule has 1 aromatic heterocycles. The van der Waals surface area contributed by atoms with Gasteiger partial charge < -0.3 is 30.0 Å². The van der Waals surface area contributed by atoms with Crippen LogP contribution in [0.5, 0.6) is 23.0 Å². The van der Waals surface area contributed by atoms with Gasteiger partial charge in [0, 0.05) is 41.5 Å². The first-order valence-electron chi connectivity index (χ1n) is 14.4. The topological polar surface area (TPSA) is 136 Å². The predicted octanol–water partition coefficient (Wildman–Crippen LogP) is 5.78. The van der Waals surface area contributed by atoms with Crippen molar-refractivity contribution in [3.8, 4) is 23.0 Å². The Kier molecular flexibility index (Phi) is 11.4. The third-order valence-electron chi connectivity index (χ3n) is 7.41. The van der Waals surface area contributed by atoms with Crippen LogP contribution in [0.1, 0.15) is 38.5 Å². The SMILES string of the molecule is COc1cc2c(Oc3ccc(NC(=O)C4(C(=O)Nc5ccc(F)cc5)CC4)cc3F)ccnc2cc1OCCCCCC(=O)O.[MgH2]. The van der Waals surface area contributed by atoms with Crippen LogP contribution in [-0.2, 0) is 14.4 Å². The molecule has 3 N–H and O–H groups in total. The van der Waals surface area contributed by atoms with Crippen LogP contribution in [0.2, 0.25) is 0 Å². The molecule has 4 aromatic rings. The zero-order valence-electron chi connectivity index (χ0n) is 24.4. The lowest BCUT2D eigenvalue weighted by Crippen LogP contribution is -2.35. The zero-order valence-corrected chi connectivity index (χ0v) is 24.4. The van der Waals surface area contributed by atoms with Crippen molar-refractivity contribution in [2.45, 2.75) is 38.5 Å². The minimum atomic E-state index is -1.29. The van der Waals surface area contributed by atoms with E-state index in [0.717, 1.165) is 6.07 Å². The molecular formula is C33H33F2MgN3O7. The van der Waals surface area contributed by atoms with Crippen molar-refractivity contribution < 1.29 is 42.5 Å². The maximum absolute atomic E-state index is 15.2. The molecule has 3 aromatic carbocycles. The summed E-state index contributed by atoms with van der Waals surface area (Å²) in [6.45, 7) is 0.367. The Hall–Kier alpha value is -4.49. The molecule has 0 unspecified atom stereocenters. The molecule has 238 valence electrons. The molecule has 13 heteroatoms. The van der Waals surface area contributed by atoms with Crippen molar-refractivity contribution in [1.82, 2.24) is 4.98 Å². The van der Waals surface area contributed by atoms with Crippen molar-refractivity contribution in [1.29, 1.82) is 0 Å². The fourth-order valence-corrected chi connectivity index (χ4v) is 4.72. The molecule has 1 aliphatic carbocycles. The number of carboxylic acid groups (broad SMARTS) is 1. The number of fused-ring (bicyclic) bond motifs is 1. The molecule has 0 saturated heterocycles. The van der Waals surface area contributed by atoms with Gasteiger partial charge in [-0.25, -0.2) is 8.78 Å². The summed E-state index contributed by atoms with van der Waals surface area (Å²) in [6.07, 6.45) is 4.23. The summed E-state index contributed by atoms with van der Waals surface area (Å²) in [5, 5.41) is 14.6. The van der Waals surface area contributed by atoms with Crippen molar-refractivity contribution in [2.24, 2.45) is 5.41 Å². The van der Waals surface area contributed by atoms with E-state index in [1.165, 1.54) is 49.7 Å². The zero-order chi connectivity index (χ0) is 32.0. The van der Waals surface area contributed by atoms with Crippen LogP contribution in [-0.4, -0.2) is 64.6 Å². The molecule has 0 aliphatic heterocycles. The van der Waals surface area contributed by atoms with Crippen molar-refractivity contribution in [3.63, 3.8) is 0 Å². The fourth-order valence-electron chi connectivity index (χ4n) is 4.72. The molecule has 2 amide bonds. The monoisotopic (exact) mass is 645 g/mol. The Labute approximate surface area is 279 Å². The Bertz CT molecular complexity index is 1730. The maximum atomic E-state index is 15.2. The minimum Gasteiger partial charge on any atom is -0.493 e. The first-order valence-corrected chi connectivity index (χ1v) is 14.4. The molecule has 1 aliphatic rings. The number of hydrogen-bond acceptors (Lipinski definition) is 7. The summed E-state index contributed by atoms with van der Waals surface area (Å²) in [6, 6.07) is 14.1. The van der Waals surface area contributed by atoms with Crippen molar-refractivity contribution in [3.05, 3.63) is 78.5 Å². The van der Waals surface area contributed by atoms with E-state index in [4.69, 9.17) is 19.3 Å². The number of benzene rings is 3. The summed E-state index contributed by atoms with van der Waals surface area (Å²) in [5.74, 6) is -2.02. The molecule has 46 heavy (non-hydrogen) atoms. The van der Waals surface area contributed by atoms with Gasteiger partial charge in [-0.1, -0.05) is 0 Å². The number of ether oxygens (including phenoxy) is 3. The Morgan fingerprint density at radius 1 is 0.848 bits per heavy atom. The van der Waals surface area contributed by atoms with Gasteiger partial charge in [0.15, 0.2) is 23.1 Å². The number of nitrogens with one attached hydrogen (secondary N) is 2. The van der Waals surface area contributed by atoms with Crippen molar-refractivity contribution in [2.75, 3.05) is 24.4 Å². The lowest BCUT2D eigenvalue weighted by Gasteiger charge is -2.16. The number of anilines is 2. The third kappa shape index (κ3) is 8.20. The number of amides is 2. The molecule has 1 saturated carbocycles. The number of nitrogens with zero attached hydrogens (tertiary/aromatic N) is 1. The highest BCUT2D eigenvalue weighted by molar-refractivity contribution is 6.16. The van der Waals surface area contributed by atoms with Gasteiger partial charge in [0.2, 0.25) is 11.8 Å². The number of methoxy groups -OCH3 is 1. The van der Waals surface area contributed by atoms with Gasteiger partial charge in [0.05, 0.1) is 19.2 Å². The standard InChI is InChI=1S/C33H31F2N3O7.Mg.2H/c1-43-28-18-23-25(19-29(28)44-16-4-2-3-5-30(39)40)36-15-12-26(23)45-27-11-10-22(17-24(27)35)38-32(42)33(13-14-33)31(41)37-21-8-6-20(34)7-9-21;;;/h6-12,15,17-19H,2-5,13-14,16H2,1H3,(H,37,41)(H,38,42)(H,39,40);;;. The number of carbonyl (C=O) groups is 3. The molecular weight excluding hydrogens is 613 g/mol. The summed E-state index contributed by atoms with van der Waals surface area (Å²) >= 11 is 0. The van der Waals surface area contributed by atoms with E-state index >= 15 is 4.39 Å². The second kappa shape index (κ2) is 15.2. The van der Waals surface area contributed by atoms with E-state index in [-0.39, 0.29) is 40.9 Å². The number of aromatic nitrogens is 1. The number of halogens is 2. The van der Waals surface area contributed by atoms with Crippen LogP contribution in [0.25, 0.3) is 10.9 Å². The van der Waals surface area contributed by atoms with Gasteiger partial charge in [-0.2, -0.15) is 0 Å². The molecule has 0 atom stereocenters.